The molecule has 7 nitrogen and oxygen atoms in total. The van der Waals surface area contributed by atoms with E-state index in [1.54, 1.807) is 0 Å². The molecular weight excluding hydrogens is 204 g/mol. The van der Waals surface area contributed by atoms with Gasteiger partial charge in [-0.3, -0.25) is 15.0 Å². The molecule has 0 aliphatic heterocycles. The minimum Gasteiger partial charge on any atom is -0.464 e. The Labute approximate surface area is 87.0 Å². The van der Waals surface area contributed by atoms with Crippen molar-refractivity contribution in [3.05, 3.63) is 0 Å². The van der Waals surface area contributed by atoms with Crippen LogP contribution in [0.25, 0.3) is 0 Å². The Balaban J connectivity index is 4.21. The maximum Gasteiger partial charge on any atom is 0.426 e. The van der Waals surface area contributed by atoms with E-state index in [0.29, 0.717) is 5.01 Å². The highest BCUT2D eigenvalue weighted by molar-refractivity contribution is 5.76. The lowest BCUT2D eigenvalue weighted by molar-refractivity contribution is -0.146. The van der Waals surface area contributed by atoms with E-state index in [1.807, 2.05) is 0 Å². The second-order valence-electron chi connectivity index (χ2n) is 2.98. The van der Waals surface area contributed by atoms with Crippen molar-refractivity contribution in [3.63, 3.8) is 0 Å². The molecule has 2 N–H and O–H groups in total. The number of nitrogens with one attached hydrogen (secondary N) is 1. The molecule has 15 heavy (non-hydrogen) atoms. The van der Waals surface area contributed by atoms with Crippen LogP contribution in [0.15, 0.2) is 0 Å². The molecule has 0 aromatic heterocycles. The Hall–Kier alpha value is -1.79. The molecule has 0 saturated heterocycles. The molecule has 0 saturated carbocycles. The van der Waals surface area contributed by atoms with Crippen molar-refractivity contribution < 1.29 is 24.2 Å². The highest BCUT2D eigenvalue weighted by Crippen LogP contribution is 1.95. The van der Waals surface area contributed by atoms with E-state index < -0.39 is 24.1 Å². The van der Waals surface area contributed by atoms with Gasteiger partial charge in [-0.05, 0) is 6.92 Å². The zero-order valence-corrected chi connectivity index (χ0v) is 8.81. The zero-order chi connectivity index (χ0) is 12.0. The highest BCUT2D eigenvalue weighted by Gasteiger charge is 2.17. The van der Waals surface area contributed by atoms with Crippen LogP contribution >= 0.6 is 0 Å². The van der Waals surface area contributed by atoms with E-state index in [0.717, 1.165) is 0 Å². The smallest absolute Gasteiger partial charge is 0.426 e. The normalized spacial score (nSPS) is 11.4. The molecule has 7 heteroatoms. The lowest BCUT2D eigenvalue weighted by Crippen LogP contribution is -2.48. The Bertz CT molecular complexity index is 266. The third kappa shape index (κ3) is 6.30. The number of hydrazine groups is 1. The predicted octanol–water partition coefficient (Wildman–Crippen LogP) is -0.0309. The molecule has 0 spiro atoms. The Morgan fingerprint density at radius 1 is 1.40 bits per heavy atom. The first-order valence-corrected chi connectivity index (χ1v) is 4.27. The average Bonchev–Trinajstić information content (AvgIpc) is 1.99. The van der Waals surface area contributed by atoms with Crippen molar-refractivity contribution in [1.29, 1.82) is 0 Å². The first-order chi connectivity index (χ1) is 6.82. The van der Waals surface area contributed by atoms with E-state index in [1.165, 1.54) is 20.8 Å². The largest absolute Gasteiger partial charge is 0.464 e. The zero-order valence-electron chi connectivity index (χ0n) is 8.81. The summed E-state index contributed by atoms with van der Waals surface area (Å²) in [6.07, 6.45) is -1.94. The van der Waals surface area contributed by atoms with Gasteiger partial charge in [0, 0.05) is 13.8 Å². The maximum atomic E-state index is 10.6. The molecule has 1 unspecified atom stereocenters. The molecule has 0 rings (SSSR count). The van der Waals surface area contributed by atoms with Gasteiger partial charge in [0.2, 0.25) is 5.91 Å². The highest BCUT2D eigenvalue weighted by atomic mass is 16.5. The summed E-state index contributed by atoms with van der Waals surface area (Å²) in [6.45, 7) is 3.82. The average molecular weight is 218 g/mol. The van der Waals surface area contributed by atoms with Gasteiger partial charge in [0.05, 0.1) is 6.54 Å². The van der Waals surface area contributed by atoms with Crippen molar-refractivity contribution in [1.82, 2.24) is 10.4 Å². The van der Waals surface area contributed by atoms with Gasteiger partial charge >= 0.3 is 12.1 Å². The molecule has 0 aromatic carbocycles. The van der Waals surface area contributed by atoms with E-state index in [9.17, 15) is 14.4 Å². The summed E-state index contributed by atoms with van der Waals surface area (Å²) in [5, 5.41) is 9.34. The van der Waals surface area contributed by atoms with Gasteiger partial charge in [-0.1, -0.05) is 0 Å². The van der Waals surface area contributed by atoms with Gasteiger partial charge in [-0.15, -0.1) is 0 Å². The van der Waals surface area contributed by atoms with Crippen LogP contribution in [0, 0.1) is 0 Å². The number of nitrogens with zero attached hydrogens (tertiary/aromatic N) is 1. The van der Waals surface area contributed by atoms with E-state index in [4.69, 9.17) is 9.84 Å². The van der Waals surface area contributed by atoms with Crippen molar-refractivity contribution in [2.45, 2.75) is 26.9 Å². The van der Waals surface area contributed by atoms with Gasteiger partial charge in [0.25, 0.3) is 0 Å². The predicted molar refractivity (Wildman–Crippen MR) is 49.8 cm³/mol. The second kappa shape index (κ2) is 5.84. The van der Waals surface area contributed by atoms with Crippen molar-refractivity contribution in [2.24, 2.45) is 0 Å². The first-order valence-electron chi connectivity index (χ1n) is 4.27. The summed E-state index contributed by atoms with van der Waals surface area (Å²) >= 11 is 0. The third-order valence-corrected chi connectivity index (χ3v) is 1.33. The summed E-state index contributed by atoms with van der Waals surface area (Å²) in [5.74, 6) is -1.01. The quantitative estimate of drug-likeness (QED) is 0.512. The van der Waals surface area contributed by atoms with Gasteiger partial charge in [-0.2, -0.15) is 0 Å². The Morgan fingerprint density at radius 2 is 1.93 bits per heavy atom. The molecule has 0 aliphatic carbocycles. The minimum absolute atomic E-state index is 0.117. The standard InChI is InChI=1S/C8H14N2O5/c1-5(15-7(3)12)4-10(8(13)14)9-6(2)11/h5H,4H2,1-3H3,(H,9,11)(H,13,14). The fourth-order valence-corrected chi connectivity index (χ4v) is 0.939. The number of amides is 2. The topological polar surface area (TPSA) is 95.9 Å². The summed E-state index contributed by atoms with van der Waals surface area (Å²) in [7, 11) is 0. The first kappa shape index (κ1) is 13.2. The van der Waals surface area contributed by atoms with Crippen LogP contribution in [-0.2, 0) is 14.3 Å². The van der Waals surface area contributed by atoms with Gasteiger partial charge in [0.15, 0.2) is 0 Å². The van der Waals surface area contributed by atoms with Crippen LogP contribution in [0.3, 0.4) is 0 Å². The molecule has 0 fully saturated rings. The van der Waals surface area contributed by atoms with Crippen LogP contribution in [0.2, 0.25) is 0 Å². The van der Waals surface area contributed by atoms with Crippen LogP contribution in [-0.4, -0.2) is 40.7 Å². The molecular formula is C8H14N2O5. The second-order valence-corrected chi connectivity index (χ2v) is 2.98. The van der Waals surface area contributed by atoms with Gasteiger partial charge in [0.1, 0.15) is 6.10 Å². The van der Waals surface area contributed by atoms with E-state index >= 15 is 0 Å². The Morgan fingerprint density at radius 3 is 2.27 bits per heavy atom. The number of carbonyl (C=O) groups excluding carboxylic acids is 2. The number of hydrogen-bond donors (Lipinski definition) is 2. The van der Waals surface area contributed by atoms with E-state index in [2.05, 4.69) is 5.43 Å². The number of ether oxygens (including phenoxy) is 1. The van der Waals surface area contributed by atoms with Gasteiger partial charge in [-0.25, -0.2) is 9.80 Å². The lowest BCUT2D eigenvalue weighted by atomic mass is 10.4. The molecule has 1 atom stereocenters. The summed E-state index contributed by atoms with van der Waals surface area (Å²) in [5.41, 5.74) is 2.09. The third-order valence-electron chi connectivity index (χ3n) is 1.33. The molecule has 0 aliphatic rings. The molecule has 0 radical (unpaired) electrons. The minimum atomic E-state index is -1.32. The molecule has 0 heterocycles. The summed E-state index contributed by atoms with van der Waals surface area (Å²) in [4.78, 5) is 31.8. The fraction of sp³-hybridized carbons (Fsp3) is 0.625. The summed E-state index contributed by atoms with van der Waals surface area (Å²) in [6, 6.07) is 0. The monoisotopic (exact) mass is 218 g/mol. The lowest BCUT2D eigenvalue weighted by Gasteiger charge is -2.22. The van der Waals surface area contributed by atoms with Crippen molar-refractivity contribution in [2.75, 3.05) is 6.54 Å². The molecule has 0 aromatic rings. The molecule has 2 amide bonds. The molecule has 0 bridgehead atoms. The van der Waals surface area contributed by atoms with Crippen LogP contribution < -0.4 is 5.43 Å². The van der Waals surface area contributed by atoms with Crippen LogP contribution in [0.5, 0.6) is 0 Å². The van der Waals surface area contributed by atoms with Crippen LogP contribution in [0.1, 0.15) is 20.8 Å². The fourth-order valence-electron chi connectivity index (χ4n) is 0.939. The van der Waals surface area contributed by atoms with Crippen molar-refractivity contribution >= 4 is 18.0 Å². The number of rotatable bonds is 3. The number of carboxylic acid groups (broad SMARTS) is 1. The Kier molecular flexibility index (Phi) is 5.14. The van der Waals surface area contributed by atoms with Crippen LogP contribution in [0.4, 0.5) is 4.79 Å². The summed E-state index contributed by atoms with van der Waals surface area (Å²) < 4.78 is 4.72. The van der Waals surface area contributed by atoms with E-state index in [-0.39, 0.29) is 6.54 Å². The van der Waals surface area contributed by atoms with Crippen molar-refractivity contribution in [3.8, 4) is 0 Å². The number of esters is 1. The molecule has 86 valence electrons. The number of hydrogen-bond acceptors (Lipinski definition) is 4. The maximum absolute atomic E-state index is 10.6. The number of carbonyl (C=O) groups is 3. The van der Waals surface area contributed by atoms with Gasteiger partial charge < -0.3 is 9.84 Å². The SMILES string of the molecule is CC(=O)NN(CC(C)OC(C)=O)C(=O)O.